The number of carbonyl (C=O) groups is 1. The van der Waals surface area contributed by atoms with Crippen LogP contribution in [-0.2, 0) is 4.79 Å². The molecule has 1 aromatic carbocycles. The Kier molecular flexibility index (Phi) is 6.37. The van der Waals surface area contributed by atoms with Crippen LogP contribution in [-0.4, -0.2) is 23.9 Å². The lowest BCUT2D eigenvalue weighted by Crippen LogP contribution is -2.25. The molecule has 1 rings (SSSR count). The molecule has 0 saturated heterocycles. The Morgan fingerprint density at radius 3 is 2.75 bits per heavy atom. The van der Waals surface area contributed by atoms with Crippen molar-refractivity contribution in [2.75, 3.05) is 18.4 Å². The van der Waals surface area contributed by atoms with E-state index < -0.39 is 10.7 Å². The highest BCUT2D eigenvalue weighted by atomic mass is 79.9. The summed E-state index contributed by atoms with van der Waals surface area (Å²) in [6.07, 6.45) is 1.03. The van der Waals surface area contributed by atoms with E-state index in [1.807, 2.05) is 6.92 Å². The molecule has 0 fully saturated rings. The van der Waals surface area contributed by atoms with Crippen molar-refractivity contribution in [3.63, 3.8) is 0 Å². The number of anilines is 1. The van der Waals surface area contributed by atoms with Gasteiger partial charge in [-0.05, 0) is 28.4 Å². The molecule has 0 atom stereocenters. The third-order valence-electron chi connectivity index (χ3n) is 2.47. The Bertz CT molecular complexity index is 511. The zero-order valence-electron chi connectivity index (χ0n) is 10.9. The van der Waals surface area contributed by atoms with Crippen LogP contribution >= 0.6 is 15.9 Å². The summed E-state index contributed by atoms with van der Waals surface area (Å²) in [5, 5.41) is 16.3. The number of hydrogen-bond acceptors (Lipinski definition) is 4. The molecule has 0 heterocycles. The van der Waals surface area contributed by atoms with Crippen LogP contribution in [0.3, 0.4) is 0 Å². The van der Waals surface area contributed by atoms with Gasteiger partial charge in [0.25, 0.3) is 5.69 Å². The molecule has 8 heteroatoms. The van der Waals surface area contributed by atoms with Crippen molar-refractivity contribution in [1.82, 2.24) is 5.32 Å². The maximum Gasteiger partial charge on any atom is 0.295 e. The predicted molar refractivity (Wildman–Crippen MR) is 77.2 cm³/mol. The largest absolute Gasteiger partial charge is 0.379 e. The number of halogens is 2. The number of nitro benzene ring substituents is 1. The lowest BCUT2D eigenvalue weighted by atomic mass is 10.2. The summed E-state index contributed by atoms with van der Waals surface area (Å²) >= 11 is 2.97. The molecular weight excluding hydrogens is 333 g/mol. The van der Waals surface area contributed by atoms with E-state index in [0.717, 1.165) is 12.5 Å². The Hall–Kier alpha value is -1.70. The normalized spacial score (nSPS) is 10.2. The summed E-state index contributed by atoms with van der Waals surface area (Å²) < 4.78 is 13.4. The van der Waals surface area contributed by atoms with Crippen molar-refractivity contribution in [2.24, 2.45) is 0 Å². The Labute approximate surface area is 124 Å². The van der Waals surface area contributed by atoms with E-state index in [4.69, 9.17) is 0 Å². The van der Waals surface area contributed by atoms with Crippen molar-refractivity contribution >= 4 is 33.2 Å². The molecule has 0 saturated carbocycles. The molecule has 0 aliphatic rings. The van der Waals surface area contributed by atoms with E-state index in [1.165, 1.54) is 6.07 Å². The second-order valence-corrected chi connectivity index (χ2v) is 4.92. The number of benzene rings is 1. The maximum absolute atomic E-state index is 13.3. The second-order valence-electron chi connectivity index (χ2n) is 4.07. The van der Waals surface area contributed by atoms with Gasteiger partial charge in [0.15, 0.2) is 0 Å². The van der Waals surface area contributed by atoms with Crippen LogP contribution in [0.2, 0.25) is 0 Å². The first-order chi connectivity index (χ1) is 9.45. The van der Waals surface area contributed by atoms with E-state index in [-0.39, 0.29) is 34.7 Å². The van der Waals surface area contributed by atoms with Gasteiger partial charge >= 0.3 is 0 Å². The van der Waals surface area contributed by atoms with Crippen LogP contribution in [0.4, 0.5) is 15.8 Å². The van der Waals surface area contributed by atoms with Crippen LogP contribution in [0.1, 0.15) is 19.8 Å². The smallest absolute Gasteiger partial charge is 0.295 e. The summed E-state index contributed by atoms with van der Waals surface area (Å²) in [5.41, 5.74) is -0.189. The fourth-order valence-corrected chi connectivity index (χ4v) is 1.84. The number of amides is 1. The molecular formula is C12H15BrFN3O3. The highest BCUT2D eigenvalue weighted by molar-refractivity contribution is 9.10. The monoisotopic (exact) mass is 347 g/mol. The highest BCUT2D eigenvalue weighted by Gasteiger charge is 2.17. The first-order valence-electron chi connectivity index (χ1n) is 6.09. The number of nitrogens with one attached hydrogen (secondary N) is 2. The Morgan fingerprint density at radius 2 is 2.15 bits per heavy atom. The van der Waals surface area contributed by atoms with Gasteiger partial charge < -0.3 is 10.6 Å². The topological polar surface area (TPSA) is 84.3 Å². The van der Waals surface area contributed by atoms with Crippen LogP contribution in [0, 0.1) is 15.9 Å². The zero-order valence-corrected chi connectivity index (χ0v) is 12.5. The minimum Gasteiger partial charge on any atom is -0.379 e. The van der Waals surface area contributed by atoms with E-state index in [1.54, 1.807) is 0 Å². The fraction of sp³-hybridized carbons (Fsp3) is 0.417. The van der Waals surface area contributed by atoms with Gasteiger partial charge in [-0.25, -0.2) is 4.39 Å². The third-order valence-corrected chi connectivity index (χ3v) is 3.08. The number of nitro groups is 1. The first-order valence-corrected chi connectivity index (χ1v) is 6.89. The van der Waals surface area contributed by atoms with E-state index in [9.17, 15) is 19.3 Å². The fourth-order valence-electron chi connectivity index (χ4n) is 1.49. The lowest BCUT2D eigenvalue weighted by molar-refractivity contribution is -0.384. The molecule has 1 aromatic rings. The standard InChI is InChI=1S/C12H15BrFN3O3/c1-2-4-16-12(18)3-5-15-10-6-8(13)9(14)7-11(10)17(19)20/h6-7,15H,2-5H2,1H3,(H,16,18). The van der Waals surface area contributed by atoms with Gasteiger partial charge in [0.1, 0.15) is 11.5 Å². The highest BCUT2D eigenvalue weighted by Crippen LogP contribution is 2.30. The minimum atomic E-state index is -0.706. The van der Waals surface area contributed by atoms with E-state index in [2.05, 4.69) is 26.6 Å². The van der Waals surface area contributed by atoms with Crippen molar-refractivity contribution in [3.05, 3.63) is 32.5 Å². The van der Waals surface area contributed by atoms with Gasteiger partial charge in [-0.15, -0.1) is 0 Å². The molecule has 20 heavy (non-hydrogen) atoms. The van der Waals surface area contributed by atoms with Crippen LogP contribution in [0.15, 0.2) is 16.6 Å². The maximum atomic E-state index is 13.3. The average molecular weight is 348 g/mol. The predicted octanol–water partition coefficient (Wildman–Crippen LogP) is 2.82. The van der Waals surface area contributed by atoms with Gasteiger partial charge in [0.05, 0.1) is 15.5 Å². The molecule has 0 bridgehead atoms. The number of rotatable bonds is 7. The Morgan fingerprint density at radius 1 is 1.45 bits per heavy atom. The summed E-state index contributed by atoms with van der Waals surface area (Å²) in [5.74, 6) is -0.842. The lowest BCUT2D eigenvalue weighted by Gasteiger charge is -2.08. The SMILES string of the molecule is CCCNC(=O)CCNc1cc(Br)c(F)cc1[N+](=O)[O-]. The molecule has 0 spiro atoms. The molecule has 2 N–H and O–H groups in total. The van der Waals surface area contributed by atoms with Crippen molar-refractivity contribution in [3.8, 4) is 0 Å². The Balaban J connectivity index is 2.65. The molecule has 0 radical (unpaired) electrons. The number of nitrogens with zero attached hydrogens (tertiary/aromatic N) is 1. The van der Waals surface area contributed by atoms with Crippen LogP contribution < -0.4 is 10.6 Å². The minimum absolute atomic E-state index is 0.126. The number of carbonyl (C=O) groups excluding carboxylic acids is 1. The summed E-state index contributed by atoms with van der Waals surface area (Å²) in [4.78, 5) is 21.5. The average Bonchev–Trinajstić information content (AvgIpc) is 2.39. The van der Waals surface area contributed by atoms with Crippen LogP contribution in [0.25, 0.3) is 0 Å². The molecule has 0 aromatic heterocycles. The van der Waals surface area contributed by atoms with Gasteiger partial charge in [-0.2, -0.15) is 0 Å². The van der Waals surface area contributed by atoms with Crippen LogP contribution in [0.5, 0.6) is 0 Å². The summed E-state index contributed by atoms with van der Waals surface area (Å²) in [6.45, 7) is 2.77. The molecule has 110 valence electrons. The quantitative estimate of drug-likeness (QED) is 0.586. The van der Waals surface area contributed by atoms with E-state index in [0.29, 0.717) is 6.54 Å². The molecule has 6 nitrogen and oxygen atoms in total. The number of hydrogen-bond donors (Lipinski definition) is 2. The van der Waals surface area contributed by atoms with Gasteiger partial charge in [-0.1, -0.05) is 6.92 Å². The summed E-state index contributed by atoms with van der Waals surface area (Å²) in [7, 11) is 0. The third kappa shape index (κ3) is 4.76. The second kappa shape index (κ2) is 7.78. The van der Waals surface area contributed by atoms with Gasteiger partial charge in [-0.3, -0.25) is 14.9 Å². The first kappa shape index (κ1) is 16.4. The molecule has 0 aliphatic heterocycles. The van der Waals surface area contributed by atoms with E-state index >= 15 is 0 Å². The van der Waals surface area contributed by atoms with Crippen molar-refractivity contribution in [1.29, 1.82) is 0 Å². The van der Waals surface area contributed by atoms with Gasteiger partial charge in [0, 0.05) is 19.5 Å². The van der Waals surface area contributed by atoms with Crippen molar-refractivity contribution in [2.45, 2.75) is 19.8 Å². The van der Waals surface area contributed by atoms with Gasteiger partial charge in [0.2, 0.25) is 5.91 Å². The molecule has 1 amide bonds. The summed E-state index contributed by atoms with van der Waals surface area (Å²) in [6, 6.07) is 2.13. The molecule has 0 aliphatic carbocycles. The van der Waals surface area contributed by atoms with Crippen molar-refractivity contribution < 1.29 is 14.1 Å². The zero-order chi connectivity index (χ0) is 15.1. The molecule has 0 unspecified atom stereocenters.